The zero-order valence-electron chi connectivity index (χ0n) is 10.1. The molecule has 5 heteroatoms. The van der Waals surface area contributed by atoms with E-state index in [1.165, 1.54) is 12.8 Å². The Morgan fingerprint density at radius 1 is 1.59 bits per heavy atom. The number of rotatable bonds is 5. The van der Waals surface area contributed by atoms with Crippen LogP contribution in [0.1, 0.15) is 12.8 Å². The van der Waals surface area contributed by atoms with Crippen molar-refractivity contribution in [1.82, 2.24) is 9.88 Å². The maximum atomic E-state index is 5.76. The highest BCUT2D eigenvalue weighted by Crippen LogP contribution is 2.24. The van der Waals surface area contributed by atoms with Crippen molar-refractivity contribution in [3.8, 4) is 0 Å². The minimum absolute atomic E-state index is 0.424. The summed E-state index contributed by atoms with van der Waals surface area (Å²) in [6, 6.07) is 6.40. The molecule has 1 fully saturated rings. The standard InChI is InChI=1S/C12H19N5/c1-17(10-5-6-10)9-8-15-12(13)16-11-4-2-3-7-14-11/h2-4,7,10H,5-6,8-9H2,1H3,(H3,13,14,15,16). The second kappa shape index (κ2) is 5.63. The monoisotopic (exact) mass is 233 g/mol. The highest BCUT2D eigenvalue weighted by molar-refractivity contribution is 5.91. The molecule has 1 aliphatic rings. The Hall–Kier alpha value is -1.62. The van der Waals surface area contributed by atoms with Gasteiger partial charge in [0.1, 0.15) is 5.82 Å². The fraction of sp³-hybridized carbons (Fsp3) is 0.500. The Bertz CT molecular complexity index is 372. The lowest BCUT2D eigenvalue weighted by Gasteiger charge is -2.13. The molecule has 0 radical (unpaired) electrons. The van der Waals surface area contributed by atoms with E-state index < -0.39 is 0 Å². The normalized spacial score (nSPS) is 16.2. The third-order valence-electron chi connectivity index (χ3n) is 2.83. The van der Waals surface area contributed by atoms with Crippen molar-refractivity contribution in [3.05, 3.63) is 24.4 Å². The molecule has 1 heterocycles. The third-order valence-corrected chi connectivity index (χ3v) is 2.83. The zero-order valence-corrected chi connectivity index (χ0v) is 10.1. The summed E-state index contributed by atoms with van der Waals surface area (Å²) in [6.45, 7) is 1.67. The first-order chi connectivity index (χ1) is 8.25. The number of hydrogen-bond acceptors (Lipinski definition) is 3. The largest absolute Gasteiger partial charge is 0.370 e. The summed E-state index contributed by atoms with van der Waals surface area (Å²) >= 11 is 0. The molecule has 0 aromatic carbocycles. The number of pyridine rings is 1. The summed E-state index contributed by atoms with van der Waals surface area (Å²) in [5.74, 6) is 1.15. The average Bonchev–Trinajstić information content (AvgIpc) is 3.14. The van der Waals surface area contributed by atoms with Crippen LogP contribution in [0.4, 0.5) is 5.82 Å². The van der Waals surface area contributed by atoms with E-state index in [9.17, 15) is 0 Å². The summed E-state index contributed by atoms with van der Waals surface area (Å²) in [4.78, 5) is 10.7. The molecule has 1 aliphatic carbocycles. The lowest BCUT2D eigenvalue weighted by Crippen LogP contribution is -2.27. The van der Waals surface area contributed by atoms with Gasteiger partial charge < -0.3 is 16.0 Å². The lowest BCUT2D eigenvalue weighted by molar-refractivity contribution is 0.334. The molecule has 0 saturated heterocycles. The van der Waals surface area contributed by atoms with Gasteiger partial charge in [0, 0.05) is 18.8 Å². The van der Waals surface area contributed by atoms with Crippen LogP contribution in [-0.2, 0) is 0 Å². The summed E-state index contributed by atoms with van der Waals surface area (Å²) < 4.78 is 0. The summed E-state index contributed by atoms with van der Waals surface area (Å²) in [7, 11) is 2.13. The molecule has 0 spiro atoms. The molecule has 3 N–H and O–H groups in total. The van der Waals surface area contributed by atoms with Gasteiger partial charge in [-0.2, -0.15) is 0 Å². The number of guanidine groups is 1. The number of aromatic nitrogens is 1. The number of nitrogens with zero attached hydrogens (tertiary/aromatic N) is 3. The second-order valence-electron chi connectivity index (χ2n) is 4.32. The van der Waals surface area contributed by atoms with Crippen LogP contribution >= 0.6 is 0 Å². The van der Waals surface area contributed by atoms with Gasteiger partial charge in [-0.3, -0.25) is 4.99 Å². The molecule has 1 aromatic heterocycles. The van der Waals surface area contributed by atoms with Gasteiger partial charge >= 0.3 is 0 Å². The zero-order chi connectivity index (χ0) is 12.1. The van der Waals surface area contributed by atoms with Gasteiger partial charge in [0.25, 0.3) is 0 Å². The molecular weight excluding hydrogens is 214 g/mol. The number of nitrogens with two attached hydrogens (primary N) is 1. The van der Waals surface area contributed by atoms with E-state index in [2.05, 4.69) is 27.2 Å². The first kappa shape index (κ1) is 11.9. The predicted molar refractivity (Wildman–Crippen MR) is 70.0 cm³/mol. The van der Waals surface area contributed by atoms with Crippen LogP contribution in [0.3, 0.4) is 0 Å². The Balaban J connectivity index is 1.73. The van der Waals surface area contributed by atoms with E-state index in [-0.39, 0.29) is 0 Å². The van der Waals surface area contributed by atoms with E-state index in [0.29, 0.717) is 5.96 Å². The molecule has 0 amide bonds. The van der Waals surface area contributed by atoms with Crippen LogP contribution < -0.4 is 11.1 Å². The molecule has 2 rings (SSSR count). The van der Waals surface area contributed by atoms with Crippen LogP contribution in [-0.4, -0.2) is 42.0 Å². The molecule has 92 valence electrons. The molecular formula is C12H19N5. The Morgan fingerprint density at radius 3 is 3.06 bits per heavy atom. The SMILES string of the molecule is CN(CCN=C(N)Nc1ccccn1)C1CC1. The van der Waals surface area contributed by atoms with Crippen LogP contribution in [0.2, 0.25) is 0 Å². The second-order valence-corrected chi connectivity index (χ2v) is 4.32. The van der Waals surface area contributed by atoms with E-state index in [1.54, 1.807) is 6.20 Å². The maximum absolute atomic E-state index is 5.76. The lowest BCUT2D eigenvalue weighted by atomic mass is 10.5. The maximum Gasteiger partial charge on any atom is 0.194 e. The smallest absolute Gasteiger partial charge is 0.194 e. The first-order valence-electron chi connectivity index (χ1n) is 5.94. The Labute approximate surface area is 102 Å². The Kier molecular flexibility index (Phi) is 3.93. The van der Waals surface area contributed by atoms with Crippen LogP contribution in [0, 0.1) is 0 Å². The Morgan fingerprint density at radius 2 is 2.41 bits per heavy atom. The van der Waals surface area contributed by atoms with Gasteiger partial charge in [-0.25, -0.2) is 4.98 Å². The van der Waals surface area contributed by atoms with E-state index in [1.807, 2.05) is 18.2 Å². The minimum atomic E-state index is 0.424. The summed E-state index contributed by atoms with van der Waals surface area (Å²) in [5, 5.41) is 2.96. The van der Waals surface area contributed by atoms with Crippen molar-refractivity contribution in [2.45, 2.75) is 18.9 Å². The van der Waals surface area contributed by atoms with Crippen molar-refractivity contribution >= 4 is 11.8 Å². The number of aliphatic imine (C=N–C) groups is 1. The highest BCUT2D eigenvalue weighted by Gasteiger charge is 2.25. The van der Waals surface area contributed by atoms with E-state index in [0.717, 1.165) is 24.9 Å². The molecule has 0 unspecified atom stereocenters. The quantitative estimate of drug-likeness (QED) is 0.586. The summed E-state index contributed by atoms with van der Waals surface area (Å²) in [6.07, 6.45) is 4.36. The number of hydrogen-bond donors (Lipinski definition) is 2. The molecule has 0 aliphatic heterocycles. The van der Waals surface area contributed by atoms with Crippen molar-refractivity contribution in [1.29, 1.82) is 0 Å². The van der Waals surface area contributed by atoms with Gasteiger partial charge in [0.15, 0.2) is 5.96 Å². The molecule has 17 heavy (non-hydrogen) atoms. The van der Waals surface area contributed by atoms with Crippen LogP contribution in [0.15, 0.2) is 29.4 Å². The van der Waals surface area contributed by atoms with Gasteiger partial charge in [-0.05, 0) is 32.0 Å². The number of anilines is 1. The molecule has 1 aromatic rings. The topological polar surface area (TPSA) is 66.5 Å². The predicted octanol–water partition coefficient (Wildman–Crippen LogP) is 0.902. The number of nitrogens with one attached hydrogen (secondary N) is 1. The van der Waals surface area contributed by atoms with Gasteiger partial charge in [-0.15, -0.1) is 0 Å². The molecule has 0 atom stereocenters. The highest BCUT2D eigenvalue weighted by atomic mass is 15.2. The molecule has 1 saturated carbocycles. The molecule has 0 bridgehead atoms. The van der Waals surface area contributed by atoms with Crippen molar-refractivity contribution in [3.63, 3.8) is 0 Å². The average molecular weight is 233 g/mol. The van der Waals surface area contributed by atoms with Crippen molar-refractivity contribution in [2.75, 3.05) is 25.5 Å². The minimum Gasteiger partial charge on any atom is -0.370 e. The first-order valence-corrected chi connectivity index (χ1v) is 5.94. The fourth-order valence-corrected chi connectivity index (χ4v) is 1.63. The fourth-order valence-electron chi connectivity index (χ4n) is 1.63. The number of likely N-dealkylation sites (N-methyl/N-ethyl adjacent to an activating group) is 1. The van der Waals surface area contributed by atoms with Gasteiger partial charge in [0.05, 0.1) is 6.54 Å². The van der Waals surface area contributed by atoms with Crippen molar-refractivity contribution < 1.29 is 0 Å². The summed E-state index contributed by atoms with van der Waals surface area (Å²) in [5.41, 5.74) is 5.76. The van der Waals surface area contributed by atoms with E-state index >= 15 is 0 Å². The van der Waals surface area contributed by atoms with Crippen LogP contribution in [0.5, 0.6) is 0 Å². The van der Waals surface area contributed by atoms with E-state index in [4.69, 9.17) is 5.73 Å². The van der Waals surface area contributed by atoms with Crippen molar-refractivity contribution in [2.24, 2.45) is 10.7 Å². The molecule has 5 nitrogen and oxygen atoms in total. The van der Waals surface area contributed by atoms with Gasteiger partial charge in [-0.1, -0.05) is 6.07 Å². The van der Waals surface area contributed by atoms with Gasteiger partial charge in [0.2, 0.25) is 0 Å². The van der Waals surface area contributed by atoms with Crippen LogP contribution in [0.25, 0.3) is 0 Å². The third kappa shape index (κ3) is 4.03.